The monoisotopic (exact) mass is 322 g/mol. The number of unbranched alkanes of at least 4 members (excludes halogenated alkanes) is 11. The smallest absolute Gasteiger partial charge is 0.00481 e. The lowest BCUT2D eigenvalue weighted by Crippen LogP contribution is -1.84. The summed E-state index contributed by atoms with van der Waals surface area (Å²) in [5.74, 6) is 0. The zero-order valence-electron chi connectivity index (χ0n) is 15.2. The molecule has 1 aromatic rings. The van der Waals surface area contributed by atoms with Crippen molar-refractivity contribution in [2.24, 2.45) is 0 Å². The van der Waals surface area contributed by atoms with Crippen LogP contribution in [0.3, 0.4) is 0 Å². The van der Waals surface area contributed by atoms with Gasteiger partial charge >= 0.3 is 0 Å². The summed E-state index contributed by atoms with van der Waals surface area (Å²) in [4.78, 5) is 3.21. The van der Waals surface area contributed by atoms with E-state index >= 15 is 0 Å². The Balaban J connectivity index is 1.88. The van der Waals surface area contributed by atoms with Gasteiger partial charge in [-0.05, 0) is 37.8 Å². The number of rotatable bonds is 15. The zero-order chi connectivity index (χ0) is 15.9. The third-order valence-corrected chi connectivity index (χ3v) is 5.73. The van der Waals surface area contributed by atoms with E-state index in [-0.39, 0.29) is 0 Å². The Labute approximate surface area is 143 Å². The van der Waals surface area contributed by atoms with Crippen LogP contribution < -0.4 is 0 Å². The molecule has 0 nitrogen and oxygen atoms in total. The Morgan fingerprint density at radius 2 is 0.955 bits per heavy atom. The highest BCUT2D eigenvalue weighted by Crippen LogP contribution is 2.21. The first-order valence-corrected chi connectivity index (χ1v) is 10.8. The molecule has 22 heavy (non-hydrogen) atoms. The van der Waals surface area contributed by atoms with E-state index in [4.69, 9.17) is 0 Å². The lowest BCUT2D eigenvalue weighted by atomic mass is 10.1. The quantitative estimate of drug-likeness (QED) is 0.287. The van der Waals surface area contributed by atoms with Gasteiger partial charge in [0.2, 0.25) is 0 Å². The summed E-state index contributed by atoms with van der Waals surface area (Å²) in [5, 5.41) is 0. The maximum absolute atomic E-state index is 2.37. The van der Waals surface area contributed by atoms with Crippen LogP contribution in [-0.4, -0.2) is 0 Å². The van der Waals surface area contributed by atoms with Crippen LogP contribution in [0.1, 0.15) is 107 Å². The third-order valence-electron chi connectivity index (χ3n) is 4.52. The SMILES string of the molecule is CCCCCCCCCCCCCc1ccc(CCCC)s1. The van der Waals surface area contributed by atoms with Crippen LogP contribution >= 0.6 is 11.3 Å². The van der Waals surface area contributed by atoms with Crippen LogP contribution in [-0.2, 0) is 12.8 Å². The van der Waals surface area contributed by atoms with Crippen molar-refractivity contribution in [1.29, 1.82) is 0 Å². The zero-order valence-corrected chi connectivity index (χ0v) is 16.0. The van der Waals surface area contributed by atoms with Crippen LogP contribution in [0.5, 0.6) is 0 Å². The molecule has 0 radical (unpaired) electrons. The highest BCUT2D eigenvalue weighted by Gasteiger charge is 2.00. The molecular weight excluding hydrogens is 284 g/mol. The van der Waals surface area contributed by atoms with E-state index in [1.54, 1.807) is 9.75 Å². The van der Waals surface area contributed by atoms with E-state index in [1.165, 1.54) is 96.3 Å². The maximum atomic E-state index is 2.37. The topological polar surface area (TPSA) is 0 Å². The molecule has 1 heterocycles. The van der Waals surface area contributed by atoms with Crippen LogP contribution in [0.4, 0.5) is 0 Å². The minimum atomic E-state index is 1.29. The predicted octanol–water partition coefficient (Wildman–Crippen LogP) is 7.94. The van der Waals surface area contributed by atoms with Crippen LogP contribution in [0.25, 0.3) is 0 Å². The molecule has 0 spiro atoms. The van der Waals surface area contributed by atoms with Crippen molar-refractivity contribution in [3.8, 4) is 0 Å². The lowest BCUT2D eigenvalue weighted by Gasteiger charge is -2.02. The van der Waals surface area contributed by atoms with E-state index in [2.05, 4.69) is 37.3 Å². The highest BCUT2D eigenvalue weighted by molar-refractivity contribution is 7.11. The Hall–Kier alpha value is -0.300. The molecule has 0 aromatic carbocycles. The van der Waals surface area contributed by atoms with Gasteiger partial charge in [0, 0.05) is 9.75 Å². The second-order valence-corrected chi connectivity index (χ2v) is 8.01. The van der Waals surface area contributed by atoms with Crippen molar-refractivity contribution in [2.45, 2.75) is 110 Å². The van der Waals surface area contributed by atoms with Crippen molar-refractivity contribution >= 4 is 11.3 Å². The van der Waals surface area contributed by atoms with Gasteiger partial charge in [-0.2, -0.15) is 0 Å². The minimum Gasteiger partial charge on any atom is -0.145 e. The van der Waals surface area contributed by atoms with Crippen LogP contribution in [0.2, 0.25) is 0 Å². The molecule has 0 saturated carbocycles. The second kappa shape index (κ2) is 14.3. The first kappa shape index (κ1) is 19.7. The average Bonchev–Trinajstić information content (AvgIpc) is 2.98. The largest absolute Gasteiger partial charge is 0.145 e. The Bertz CT molecular complexity index is 339. The number of aryl methyl sites for hydroxylation is 2. The maximum Gasteiger partial charge on any atom is 0.00481 e. The van der Waals surface area contributed by atoms with E-state index in [9.17, 15) is 0 Å². The third kappa shape index (κ3) is 10.4. The summed E-state index contributed by atoms with van der Waals surface area (Å²) in [5.41, 5.74) is 0. The summed E-state index contributed by atoms with van der Waals surface area (Å²) in [6.45, 7) is 4.57. The molecule has 0 N–H and O–H groups in total. The fraction of sp³-hybridized carbons (Fsp3) is 0.810. The number of hydrogen-bond acceptors (Lipinski definition) is 1. The van der Waals surface area contributed by atoms with Gasteiger partial charge in [-0.15, -0.1) is 11.3 Å². The molecule has 0 aliphatic heterocycles. The molecule has 0 aliphatic carbocycles. The van der Waals surface area contributed by atoms with Gasteiger partial charge in [-0.25, -0.2) is 0 Å². The molecule has 1 aromatic heterocycles. The van der Waals surface area contributed by atoms with E-state index in [1.807, 2.05) is 0 Å². The first-order chi connectivity index (χ1) is 10.9. The number of hydrogen-bond donors (Lipinski definition) is 0. The molecule has 0 unspecified atom stereocenters. The summed E-state index contributed by atoms with van der Waals surface area (Å²) < 4.78 is 0. The molecule has 0 atom stereocenters. The van der Waals surface area contributed by atoms with E-state index in [0.29, 0.717) is 0 Å². The molecule has 0 fully saturated rings. The van der Waals surface area contributed by atoms with Gasteiger partial charge in [-0.1, -0.05) is 84.5 Å². The minimum absolute atomic E-state index is 1.29. The average molecular weight is 323 g/mol. The Kier molecular flexibility index (Phi) is 12.8. The molecule has 0 amide bonds. The molecular formula is C21H38S. The van der Waals surface area contributed by atoms with Crippen molar-refractivity contribution in [3.63, 3.8) is 0 Å². The van der Waals surface area contributed by atoms with Gasteiger partial charge in [0.05, 0.1) is 0 Å². The molecule has 0 saturated heterocycles. The predicted molar refractivity (Wildman–Crippen MR) is 103 cm³/mol. The van der Waals surface area contributed by atoms with Gasteiger partial charge < -0.3 is 0 Å². The molecule has 1 heteroatoms. The molecule has 0 bridgehead atoms. The van der Waals surface area contributed by atoms with Gasteiger partial charge in [0.1, 0.15) is 0 Å². The van der Waals surface area contributed by atoms with Gasteiger partial charge in [0.15, 0.2) is 0 Å². The van der Waals surface area contributed by atoms with Crippen molar-refractivity contribution in [1.82, 2.24) is 0 Å². The van der Waals surface area contributed by atoms with Crippen molar-refractivity contribution in [2.75, 3.05) is 0 Å². The highest BCUT2D eigenvalue weighted by atomic mass is 32.1. The van der Waals surface area contributed by atoms with Crippen LogP contribution in [0.15, 0.2) is 12.1 Å². The summed E-state index contributed by atoms with van der Waals surface area (Å²) in [7, 11) is 0. The molecule has 1 rings (SSSR count). The van der Waals surface area contributed by atoms with E-state index in [0.717, 1.165) is 0 Å². The summed E-state index contributed by atoms with van der Waals surface area (Å²) >= 11 is 2.05. The second-order valence-electron chi connectivity index (χ2n) is 6.76. The molecule has 128 valence electrons. The lowest BCUT2D eigenvalue weighted by molar-refractivity contribution is 0.550. The fourth-order valence-corrected chi connectivity index (χ4v) is 4.11. The summed E-state index contributed by atoms with van der Waals surface area (Å²) in [6, 6.07) is 4.72. The Morgan fingerprint density at radius 3 is 1.45 bits per heavy atom. The van der Waals surface area contributed by atoms with E-state index < -0.39 is 0 Å². The van der Waals surface area contributed by atoms with Gasteiger partial charge in [-0.3, -0.25) is 0 Å². The van der Waals surface area contributed by atoms with Crippen molar-refractivity contribution in [3.05, 3.63) is 21.9 Å². The first-order valence-electron chi connectivity index (χ1n) is 9.94. The standard InChI is InChI=1S/C21H38S/c1-3-5-7-8-9-10-11-12-13-14-15-17-21-19-18-20(22-21)16-6-4-2/h18-19H,3-17H2,1-2H3. The normalized spacial score (nSPS) is 11.2. The number of thiophene rings is 1. The fourth-order valence-electron chi connectivity index (χ4n) is 3.01. The van der Waals surface area contributed by atoms with Crippen LogP contribution in [0, 0.1) is 0 Å². The summed E-state index contributed by atoms with van der Waals surface area (Å²) in [6.07, 6.45) is 21.1. The molecule has 0 aliphatic rings. The van der Waals surface area contributed by atoms with Crippen molar-refractivity contribution < 1.29 is 0 Å². The Morgan fingerprint density at radius 1 is 0.545 bits per heavy atom. The van der Waals surface area contributed by atoms with Gasteiger partial charge in [0.25, 0.3) is 0 Å².